The lowest BCUT2D eigenvalue weighted by molar-refractivity contribution is -0.0752. The highest BCUT2D eigenvalue weighted by molar-refractivity contribution is 5.99. The molecule has 248 valence electrons. The SMILES string of the molecule is O=C(NCc1ccc(F)cc1F)c1cn2c(c(OCc3ccccc3)c1=O)C(=O)N1[C@H]3CCCCC3CN(CCN3CCCC3)[C@@H]1C2. The number of pyridine rings is 1. The van der Waals surface area contributed by atoms with Crippen molar-refractivity contribution in [2.75, 3.05) is 32.7 Å². The van der Waals surface area contributed by atoms with Gasteiger partial charge in [-0.05, 0) is 56.3 Å². The summed E-state index contributed by atoms with van der Waals surface area (Å²) in [7, 11) is 0. The van der Waals surface area contributed by atoms with Crippen molar-refractivity contribution in [2.24, 2.45) is 5.92 Å². The van der Waals surface area contributed by atoms with Crippen LogP contribution in [0.25, 0.3) is 0 Å². The molecule has 11 heteroatoms. The van der Waals surface area contributed by atoms with E-state index in [1.54, 1.807) is 4.57 Å². The number of hydrogen-bond donors (Lipinski definition) is 1. The van der Waals surface area contributed by atoms with Crippen molar-refractivity contribution in [3.05, 3.63) is 99.0 Å². The monoisotopic (exact) mass is 645 g/mol. The van der Waals surface area contributed by atoms with E-state index in [0.717, 1.165) is 76.1 Å². The minimum atomic E-state index is -0.794. The maximum Gasteiger partial charge on any atom is 0.276 e. The van der Waals surface area contributed by atoms with Crippen molar-refractivity contribution in [1.29, 1.82) is 0 Å². The van der Waals surface area contributed by atoms with Crippen LogP contribution in [0.2, 0.25) is 0 Å². The van der Waals surface area contributed by atoms with E-state index in [-0.39, 0.29) is 53.8 Å². The van der Waals surface area contributed by atoms with E-state index < -0.39 is 23.0 Å². The van der Waals surface area contributed by atoms with Gasteiger partial charge >= 0.3 is 0 Å². The Morgan fingerprint density at radius 1 is 0.936 bits per heavy atom. The average molecular weight is 646 g/mol. The smallest absolute Gasteiger partial charge is 0.276 e. The van der Waals surface area contributed by atoms with Gasteiger partial charge in [0.15, 0.2) is 11.4 Å². The van der Waals surface area contributed by atoms with Gasteiger partial charge in [-0.1, -0.05) is 49.2 Å². The molecule has 7 rings (SSSR count). The first-order valence-corrected chi connectivity index (χ1v) is 16.8. The third-order valence-corrected chi connectivity index (χ3v) is 10.3. The predicted octanol–water partition coefficient (Wildman–Crippen LogP) is 4.39. The van der Waals surface area contributed by atoms with Crippen molar-refractivity contribution in [2.45, 2.75) is 70.4 Å². The van der Waals surface area contributed by atoms with Crippen LogP contribution in [0.1, 0.15) is 70.5 Å². The van der Waals surface area contributed by atoms with Gasteiger partial charge in [0.2, 0.25) is 5.43 Å². The third-order valence-electron chi connectivity index (χ3n) is 10.3. The molecule has 47 heavy (non-hydrogen) atoms. The first-order valence-electron chi connectivity index (χ1n) is 16.8. The van der Waals surface area contributed by atoms with E-state index in [4.69, 9.17) is 4.74 Å². The van der Waals surface area contributed by atoms with Crippen LogP contribution in [-0.4, -0.2) is 76.0 Å². The van der Waals surface area contributed by atoms with Gasteiger partial charge in [-0.3, -0.25) is 19.3 Å². The van der Waals surface area contributed by atoms with Gasteiger partial charge in [-0.15, -0.1) is 0 Å². The number of halogens is 2. The lowest BCUT2D eigenvalue weighted by atomic mass is 9.80. The minimum Gasteiger partial charge on any atom is -0.483 e. The molecular weight excluding hydrogens is 604 g/mol. The number of rotatable bonds is 9. The van der Waals surface area contributed by atoms with Gasteiger partial charge in [0.1, 0.15) is 30.0 Å². The Balaban J connectivity index is 1.24. The first-order chi connectivity index (χ1) is 22.9. The predicted molar refractivity (Wildman–Crippen MR) is 172 cm³/mol. The third kappa shape index (κ3) is 6.43. The lowest BCUT2D eigenvalue weighted by Crippen LogP contribution is -2.68. The second kappa shape index (κ2) is 13.6. The summed E-state index contributed by atoms with van der Waals surface area (Å²) in [5.74, 6) is -2.27. The number of nitrogens with one attached hydrogen (secondary N) is 1. The summed E-state index contributed by atoms with van der Waals surface area (Å²) in [6.07, 6.45) is 7.86. The Morgan fingerprint density at radius 3 is 2.51 bits per heavy atom. The zero-order valence-electron chi connectivity index (χ0n) is 26.5. The maximum atomic E-state index is 14.6. The molecule has 1 unspecified atom stereocenters. The molecular formula is C36H41F2N5O4. The Labute approximate surface area is 273 Å². The summed E-state index contributed by atoms with van der Waals surface area (Å²) in [5, 5.41) is 2.61. The molecule has 2 aromatic carbocycles. The summed E-state index contributed by atoms with van der Waals surface area (Å²) >= 11 is 0. The molecule has 3 atom stereocenters. The minimum absolute atomic E-state index is 0.0413. The summed E-state index contributed by atoms with van der Waals surface area (Å²) in [5.41, 5.74) is 0.164. The Hall–Kier alpha value is -4.09. The number of ether oxygens (including phenoxy) is 1. The van der Waals surface area contributed by atoms with Crippen LogP contribution in [0.3, 0.4) is 0 Å². The van der Waals surface area contributed by atoms with Crippen LogP contribution in [-0.2, 0) is 19.7 Å². The van der Waals surface area contributed by atoms with Gasteiger partial charge in [0, 0.05) is 50.0 Å². The fraction of sp³-hybridized carbons (Fsp3) is 0.472. The quantitative estimate of drug-likeness (QED) is 0.372. The van der Waals surface area contributed by atoms with E-state index in [9.17, 15) is 23.2 Å². The van der Waals surface area contributed by atoms with Crippen LogP contribution in [0.4, 0.5) is 8.78 Å². The zero-order chi connectivity index (χ0) is 32.5. The Kier molecular flexibility index (Phi) is 9.09. The summed E-state index contributed by atoms with van der Waals surface area (Å²) < 4.78 is 35.6. The zero-order valence-corrected chi connectivity index (χ0v) is 26.5. The van der Waals surface area contributed by atoms with E-state index in [1.807, 2.05) is 35.2 Å². The number of aromatic nitrogens is 1. The highest BCUT2D eigenvalue weighted by atomic mass is 19.1. The average Bonchev–Trinajstić information content (AvgIpc) is 3.60. The second-order valence-electron chi connectivity index (χ2n) is 13.2. The lowest BCUT2D eigenvalue weighted by Gasteiger charge is -2.55. The van der Waals surface area contributed by atoms with Gasteiger partial charge in [-0.25, -0.2) is 8.78 Å². The fourth-order valence-corrected chi connectivity index (χ4v) is 7.86. The second-order valence-corrected chi connectivity index (χ2v) is 13.2. The molecule has 3 aliphatic heterocycles. The standard InChI is InChI=1S/C36H41F2N5O4/c37-27-13-12-25(29(38)18-27)19-39-35(45)28-21-42-22-31-41(17-16-40-14-6-7-15-40)20-26-10-4-5-11-30(26)43(31)36(46)32(42)34(33(28)44)47-23-24-8-2-1-3-9-24/h1-3,8-9,12-13,18,21,26,30-31H,4-7,10-11,14-17,19-20,22-23H2,(H,39,45)/t26?,30-,31-/m0/s1. The normalized spacial score (nSPS) is 22.8. The van der Waals surface area contributed by atoms with Crippen molar-refractivity contribution < 1.29 is 23.1 Å². The van der Waals surface area contributed by atoms with Gasteiger partial charge in [0.25, 0.3) is 11.8 Å². The molecule has 0 radical (unpaired) electrons. The van der Waals surface area contributed by atoms with E-state index in [0.29, 0.717) is 12.5 Å². The molecule has 3 aromatic rings. The van der Waals surface area contributed by atoms with Gasteiger partial charge < -0.3 is 24.4 Å². The largest absolute Gasteiger partial charge is 0.483 e. The number of benzene rings is 2. The number of likely N-dealkylation sites (tertiary alicyclic amines) is 1. The van der Waals surface area contributed by atoms with E-state index >= 15 is 0 Å². The molecule has 1 N–H and O–H groups in total. The summed E-state index contributed by atoms with van der Waals surface area (Å²) in [6, 6.07) is 12.5. The fourth-order valence-electron chi connectivity index (χ4n) is 7.86. The number of nitrogens with zero attached hydrogens (tertiary/aromatic N) is 4. The molecule has 3 fully saturated rings. The number of amides is 2. The highest BCUT2D eigenvalue weighted by Crippen LogP contribution is 2.39. The first kappa shape index (κ1) is 31.5. The van der Waals surface area contributed by atoms with Crippen LogP contribution in [0, 0.1) is 17.6 Å². The number of carbonyl (C=O) groups is 2. The molecule has 9 nitrogen and oxygen atoms in total. The van der Waals surface area contributed by atoms with Crippen LogP contribution in [0.5, 0.6) is 5.75 Å². The van der Waals surface area contributed by atoms with E-state index in [1.165, 1.54) is 25.1 Å². The molecule has 1 saturated carbocycles. The van der Waals surface area contributed by atoms with Crippen LogP contribution >= 0.6 is 0 Å². The van der Waals surface area contributed by atoms with Crippen molar-refractivity contribution in [3.8, 4) is 5.75 Å². The highest BCUT2D eigenvalue weighted by Gasteiger charge is 2.49. The molecule has 0 spiro atoms. The number of hydrogen-bond acceptors (Lipinski definition) is 6. The van der Waals surface area contributed by atoms with E-state index in [2.05, 4.69) is 15.1 Å². The molecule has 4 heterocycles. The maximum absolute atomic E-state index is 14.6. The number of carbonyl (C=O) groups excluding carboxylic acids is 2. The van der Waals surface area contributed by atoms with Crippen molar-refractivity contribution in [1.82, 2.24) is 24.6 Å². The van der Waals surface area contributed by atoms with Crippen LogP contribution in [0.15, 0.2) is 59.5 Å². The van der Waals surface area contributed by atoms with Crippen molar-refractivity contribution >= 4 is 11.8 Å². The van der Waals surface area contributed by atoms with Gasteiger partial charge in [-0.2, -0.15) is 0 Å². The topological polar surface area (TPSA) is 87.1 Å². The molecule has 0 bridgehead atoms. The van der Waals surface area contributed by atoms with Gasteiger partial charge in [0.05, 0.1) is 6.54 Å². The van der Waals surface area contributed by atoms with Crippen LogP contribution < -0.4 is 15.5 Å². The Morgan fingerprint density at radius 2 is 1.72 bits per heavy atom. The summed E-state index contributed by atoms with van der Waals surface area (Å²) in [6.45, 7) is 5.07. The molecule has 2 amide bonds. The molecule has 2 saturated heterocycles. The number of fused-ring (bicyclic) bond motifs is 4. The molecule has 4 aliphatic rings. The molecule has 1 aromatic heterocycles. The molecule has 1 aliphatic carbocycles. The Bertz CT molecular complexity index is 1690. The summed E-state index contributed by atoms with van der Waals surface area (Å²) in [4.78, 5) is 49.1. The van der Waals surface area contributed by atoms with Crippen molar-refractivity contribution in [3.63, 3.8) is 0 Å².